The number of hydrogen-bond acceptors (Lipinski definition) is 3. The lowest BCUT2D eigenvalue weighted by Crippen LogP contribution is -2.44. The molecule has 4 nitrogen and oxygen atoms in total. The second-order valence-electron chi connectivity index (χ2n) is 7.31. The zero-order chi connectivity index (χ0) is 21.9. The van der Waals surface area contributed by atoms with Crippen LogP contribution in [0, 0.1) is 0 Å². The van der Waals surface area contributed by atoms with Gasteiger partial charge in [0.15, 0.2) is 0 Å². The van der Waals surface area contributed by atoms with E-state index >= 15 is 0 Å². The third kappa shape index (κ3) is 5.34. The van der Waals surface area contributed by atoms with Crippen molar-refractivity contribution in [3.05, 3.63) is 64.7 Å². The highest BCUT2D eigenvalue weighted by Crippen LogP contribution is 2.37. The standard InChI is InChI=1S/C22H23ClF3N3O/c1-15(17-5-3-4-6-19(17)23)13-21(30)27-20-8-7-16(14-18(20)22(24,25)26)29-11-9-28(2)10-12-29/h3-8,13-14H,9-12H2,1-2H3,(H,27,30). The van der Waals surface area contributed by atoms with Gasteiger partial charge in [-0.05, 0) is 49.4 Å². The van der Waals surface area contributed by atoms with Crippen molar-refractivity contribution < 1.29 is 18.0 Å². The molecule has 0 saturated carbocycles. The lowest BCUT2D eigenvalue weighted by molar-refractivity contribution is -0.136. The van der Waals surface area contributed by atoms with E-state index in [0.717, 1.165) is 19.2 Å². The van der Waals surface area contributed by atoms with Gasteiger partial charge in [0.05, 0.1) is 11.3 Å². The number of nitrogens with one attached hydrogen (secondary N) is 1. The number of hydrogen-bond donors (Lipinski definition) is 1. The summed E-state index contributed by atoms with van der Waals surface area (Å²) >= 11 is 6.12. The van der Waals surface area contributed by atoms with E-state index in [2.05, 4.69) is 10.2 Å². The molecule has 0 spiro atoms. The van der Waals surface area contributed by atoms with Crippen molar-refractivity contribution in [2.24, 2.45) is 0 Å². The Balaban J connectivity index is 1.83. The summed E-state index contributed by atoms with van der Waals surface area (Å²) in [5.74, 6) is -0.648. The molecular weight excluding hydrogens is 415 g/mol. The normalized spacial score (nSPS) is 15.9. The molecule has 0 unspecified atom stereocenters. The van der Waals surface area contributed by atoms with Crippen molar-refractivity contribution in [2.45, 2.75) is 13.1 Å². The smallest absolute Gasteiger partial charge is 0.369 e. The zero-order valence-corrected chi connectivity index (χ0v) is 17.5. The van der Waals surface area contributed by atoms with Gasteiger partial charge in [-0.25, -0.2) is 0 Å². The topological polar surface area (TPSA) is 35.6 Å². The molecular formula is C22H23ClF3N3O. The van der Waals surface area contributed by atoms with Crippen LogP contribution in [0.2, 0.25) is 5.02 Å². The van der Waals surface area contributed by atoms with Gasteiger partial charge in [-0.3, -0.25) is 4.79 Å². The van der Waals surface area contributed by atoms with Crippen LogP contribution in [0.25, 0.3) is 5.57 Å². The number of halogens is 4. The van der Waals surface area contributed by atoms with Crippen molar-refractivity contribution in [2.75, 3.05) is 43.4 Å². The third-order valence-corrected chi connectivity index (χ3v) is 5.41. The predicted octanol–water partition coefficient (Wildman–Crippen LogP) is 5.15. The first-order valence-corrected chi connectivity index (χ1v) is 9.92. The fourth-order valence-electron chi connectivity index (χ4n) is 3.36. The summed E-state index contributed by atoms with van der Waals surface area (Å²) < 4.78 is 41.0. The summed E-state index contributed by atoms with van der Waals surface area (Å²) in [4.78, 5) is 16.4. The number of likely N-dealkylation sites (N-methyl/N-ethyl adjacent to an activating group) is 1. The van der Waals surface area contributed by atoms with Crippen LogP contribution in [-0.2, 0) is 11.0 Å². The Morgan fingerprint density at radius 2 is 1.77 bits per heavy atom. The third-order valence-electron chi connectivity index (χ3n) is 5.08. The quantitative estimate of drug-likeness (QED) is 0.672. The van der Waals surface area contributed by atoms with Crippen molar-refractivity contribution >= 4 is 34.5 Å². The molecule has 0 atom stereocenters. The number of carbonyl (C=O) groups excluding carboxylic acids is 1. The first-order valence-electron chi connectivity index (χ1n) is 9.54. The van der Waals surface area contributed by atoms with E-state index in [9.17, 15) is 18.0 Å². The maximum Gasteiger partial charge on any atom is 0.418 e. The molecule has 1 saturated heterocycles. The van der Waals surface area contributed by atoms with Gasteiger partial charge < -0.3 is 15.1 Å². The van der Waals surface area contributed by atoms with Crippen LogP contribution in [0.4, 0.5) is 24.5 Å². The maximum atomic E-state index is 13.7. The number of benzene rings is 2. The van der Waals surface area contributed by atoms with Crippen molar-refractivity contribution in [1.82, 2.24) is 4.90 Å². The highest BCUT2D eigenvalue weighted by atomic mass is 35.5. The maximum absolute atomic E-state index is 13.7. The van der Waals surface area contributed by atoms with E-state index in [1.165, 1.54) is 12.1 Å². The minimum absolute atomic E-state index is 0.270. The fourth-order valence-corrected chi connectivity index (χ4v) is 3.65. The monoisotopic (exact) mass is 437 g/mol. The molecule has 0 aliphatic carbocycles. The Hall–Kier alpha value is -2.51. The minimum Gasteiger partial charge on any atom is -0.369 e. The van der Waals surface area contributed by atoms with Crippen LogP contribution in [0.15, 0.2) is 48.5 Å². The number of carbonyl (C=O) groups is 1. The molecule has 1 aliphatic heterocycles. The molecule has 160 valence electrons. The van der Waals surface area contributed by atoms with Gasteiger partial charge in [0.25, 0.3) is 0 Å². The highest BCUT2D eigenvalue weighted by molar-refractivity contribution is 6.32. The lowest BCUT2D eigenvalue weighted by atomic mass is 10.1. The summed E-state index contributed by atoms with van der Waals surface area (Å²) in [5, 5.41) is 2.83. The predicted molar refractivity (Wildman–Crippen MR) is 115 cm³/mol. The molecule has 1 heterocycles. The van der Waals surface area contributed by atoms with Crippen LogP contribution in [0.1, 0.15) is 18.1 Å². The van der Waals surface area contributed by atoms with Gasteiger partial charge in [-0.2, -0.15) is 13.2 Å². The molecule has 30 heavy (non-hydrogen) atoms. The Morgan fingerprint density at radius 1 is 1.10 bits per heavy atom. The van der Waals surface area contributed by atoms with Crippen molar-refractivity contribution in [3.63, 3.8) is 0 Å². The molecule has 2 aromatic carbocycles. The second kappa shape index (κ2) is 9.10. The average molecular weight is 438 g/mol. The largest absolute Gasteiger partial charge is 0.418 e. The molecule has 3 rings (SSSR count). The van der Waals surface area contributed by atoms with E-state index in [4.69, 9.17) is 11.6 Å². The molecule has 2 aromatic rings. The summed E-state index contributed by atoms with van der Waals surface area (Å²) in [6, 6.07) is 11.0. The van der Waals surface area contributed by atoms with Gasteiger partial charge in [-0.1, -0.05) is 29.8 Å². The molecule has 1 aliphatic rings. The van der Waals surface area contributed by atoms with E-state index in [1.54, 1.807) is 37.3 Å². The fraction of sp³-hybridized carbons (Fsp3) is 0.318. The van der Waals surface area contributed by atoms with Gasteiger partial charge in [0, 0.05) is 43.0 Å². The van der Waals surface area contributed by atoms with Gasteiger partial charge in [-0.15, -0.1) is 0 Å². The van der Waals surface area contributed by atoms with Crippen LogP contribution < -0.4 is 10.2 Å². The highest BCUT2D eigenvalue weighted by Gasteiger charge is 2.34. The first-order chi connectivity index (χ1) is 14.1. The number of nitrogens with zero attached hydrogens (tertiary/aromatic N) is 2. The van der Waals surface area contributed by atoms with Gasteiger partial charge in [0.2, 0.25) is 5.91 Å². The molecule has 1 amide bonds. The number of alkyl halides is 3. The lowest BCUT2D eigenvalue weighted by Gasteiger charge is -2.34. The van der Waals surface area contributed by atoms with Gasteiger partial charge >= 0.3 is 6.18 Å². The van der Waals surface area contributed by atoms with Crippen LogP contribution >= 0.6 is 11.6 Å². The molecule has 1 fully saturated rings. The van der Waals surface area contributed by atoms with Crippen LogP contribution in [0.5, 0.6) is 0 Å². The number of piperazine rings is 1. The second-order valence-corrected chi connectivity index (χ2v) is 7.72. The molecule has 0 aromatic heterocycles. The number of rotatable bonds is 4. The van der Waals surface area contributed by atoms with Crippen LogP contribution in [-0.4, -0.2) is 44.0 Å². The zero-order valence-electron chi connectivity index (χ0n) is 16.8. The first kappa shape index (κ1) is 22.2. The van der Waals surface area contributed by atoms with E-state index < -0.39 is 17.6 Å². The van der Waals surface area contributed by atoms with Crippen molar-refractivity contribution in [3.8, 4) is 0 Å². The average Bonchev–Trinajstić information content (AvgIpc) is 2.68. The number of allylic oxidation sites excluding steroid dienone is 1. The summed E-state index contributed by atoms with van der Waals surface area (Å²) in [6.45, 7) is 4.55. The Labute approximate surface area is 178 Å². The molecule has 1 N–H and O–H groups in total. The van der Waals surface area contributed by atoms with Gasteiger partial charge in [0.1, 0.15) is 0 Å². The summed E-state index contributed by atoms with van der Waals surface area (Å²) in [6.07, 6.45) is -3.34. The van der Waals surface area contributed by atoms with E-state index in [-0.39, 0.29) is 5.69 Å². The van der Waals surface area contributed by atoms with Crippen molar-refractivity contribution in [1.29, 1.82) is 0 Å². The minimum atomic E-state index is -4.59. The molecule has 0 bridgehead atoms. The SMILES string of the molecule is CC(=CC(=O)Nc1ccc(N2CCN(C)CC2)cc1C(F)(F)F)c1ccccc1Cl. The number of amides is 1. The number of anilines is 2. The molecule has 8 heteroatoms. The summed E-state index contributed by atoms with van der Waals surface area (Å²) in [7, 11) is 1.98. The summed E-state index contributed by atoms with van der Waals surface area (Å²) in [5.41, 5.74) is 0.567. The Morgan fingerprint density at radius 3 is 2.40 bits per heavy atom. The van der Waals surface area contributed by atoms with Crippen LogP contribution in [0.3, 0.4) is 0 Å². The van der Waals surface area contributed by atoms with E-state index in [1.807, 2.05) is 11.9 Å². The Kier molecular flexibility index (Phi) is 6.73. The molecule has 0 radical (unpaired) electrons. The Bertz CT molecular complexity index is 951. The van der Waals surface area contributed by atoms with E-state index in [0.29, 0.717) is 34.9 Å².